The molecule has 0 unspecified atom stereocenters. The number of nitrogens with one attached hydrogen (secondary N) is 1. The molecule has 0 bridgehead atoms. The molecule has 7 heteroatoms. The van der Waals surface area contributed by atoms with Crippen LogP contribution < -0.4 is 9.62 Å². The zero-order valence-corrected chi connectivity index (χ0v) is 15.6. The molecule has 6 nitrogen and oxygen atoms in total. The molecule has 136 valence electrons. The van der Waals surface area contributed by atoms with E-state index in [0.29, 0.717) is 11.3 Å². The molecule has 0 radical (unpaired) electrons. The van der Waals surface area contributed by atoms with Gasteiger partial charge in [-0.3, -0.25) is 4.79 Å². The Labute approximate surface area is 154 Å². The molecule has 26 heavy (non-hydrogen) atoms. The lowest BCUT2D eigenvalue weighted by molar-refractivity contribution is -0.116. The smallest absolute Gasteiger partial charge is 0.240 e. The fourth-order valence-electron chi connectivity index (χ4n) is 2.53. The van der Waals surface area contributed by atoms with E-state index in [1.54, 1.807) is 48.5 Å². The zero-order chi connectivity index (χ0) is 19.2. The number of carbonyl (C=O) groups is 1. The SMILES string of the molecule is CCc1ccc(S(=O)(=O)NCCN(C(C)=O)c2ccccc2C#N)cc1. The molecule has 1 N–H and O–H groups in total. The Kier molecular flexibility index (Phi) is 6.50. The second-order valence-electron chi connectivity index (χ2n) is 5.69. The number of aryl methyl sites for hydroxylation is 1. The van der Waals surface area contributed by atoms with E-state index in [-0.39, 0.29) is 23.9 Å². The van der Waals surface area contributed by atoms with Crippen LogP contribution in [0.5, 0.6) is 0 Å². The van der Waals surface area contributed by atoms with E-state index in [2.05, 4.69) is 4.72 Å². The number of para-hydroxylation sites is 1. The molecule has 2 rings (SSSR count). The van der Waals surface area contributed by atoms with E-state index >= 15 is 0 Å². The summed E-state index contributed by atoms with van der Waals surface area (Å²) in [7, 11) is -3.66. The molecule has 0 aromatic heterocycles. The van der Waals surface area contributed by atoms with Crippen LogP contribution in [0.4, 0.5) is 5.69 Å². The van der Waals surface area contributed by atoms with Crippen molar-refractivity contribution in [1.29, 1.82) is 5.26 Å². The minimum atomic E-state index is -3.66. The van der Waals surface area contributed by atoms with E-state index in [0.717, 1.165) is 12.0 Å². The van der Waals surface area contributed by atoms with Gasteiger partial charge in [-0.1, -0.05) is 31.2 Å². The van der Waals surface area contributed by atoms with Crippen molar-refractivity contribution in [3.63, 3.8) is 0 Å². The number of nitriles is 1. The van der Waals surface area contributed by atoms with E-state index in [4.69, 9.17) is 0 Å². The number of rotatable bonds is 7. The summed E-state index contributed by atoms with van der Waals surface area (Å²) >= 11 is 0. The molecule has 0 aliphatic rings. The quantitative estimate of drug-likeness (QED) is 0.809. The second kappa shape index (κ2) is 8.61. The van der Waals surface area contributed by atoms with Crippen molar-refractivity contribution in [2.45, 2.75) is 25.2 Å². The first-order valence-corrected chi connectivity index (χ1v) is 9.73. The summed E-state index contributed by atoms with van der Waals surface area (Å²) < 4.78 is 27.3. The fraction of sp³-hybridized carbons (Fsp3) is 0.263. The molecule has 0 fully saturated rings. The lowest BCUT2D eigenvalue weighted by Crippen LogP contribution is -2.37. The van der Waals surface area contributed by atoms with Gasteiger partial charge in [-0.15, -0.1) is 0 Å². The molecule has 0 aliphatic carbocycles. The van der Waals surface area contributed by atoms with Crippen LogP contribution in [-0.4, -0.2) is 27.4 Å². The standard InChI is InChI=1S/C19H21N3O3S/c1-3-16-8-10-18(11-9-16)26(24,25)21-12-13-22(15(2)23)19-7-5-4-6-17(19)14-20/h4-11,21H,3,12-13H2,1-2H3. The molecule has 2 aromatic carbocycles. The summed E-state index contributed by atoms with van der Waals surface area (Å²) in [6, 6.07) is 15.4. The Morgan fingerprint density at radius 1 is 1.15 bits per heavy atom. The van der Waals surface area contributed by atoms with Crippen LogP contribution in [0.3, 0.4) is 0 Å². The maximum atomic E-state index is 12.4. The van der Waals surface area contributed by atoms with Gasteiger partial charge in [0.15, 0.2) is 0 Å². The molecule has 1 amide bonds. The molecule has 0 spiro atoms. The zero-order valence-electron chi connectivity index (χ0n) is 14.8. The number of sulfonamides is 1. The fourth-order valence-corrected chi connectivity index (χ4v) is 3.55. The van der Waals surface area contributed by atoms with Crippen LogP contribution in [0.1, 0.15) is 25.0 Å². The van der Waals surface area contributed by atoms with Crippen LogP contribution in [0.25, 0.3) is 0 Å². The first kappa shape index (κ1) is 19.6. The molecular weight excluding hydrogens is 350 g/mol. The van der Waals surface area contributed by atoms with Gasteiger partial charge in [0.25, 0.3) is 0 Å². The highest BCUT2D eigenvalue weighted by Crippen LogP contribution is 2.19. The van der Waals surface area contributed by atoms with Gasteiger partial charge in [-0.25, -0.2) is 13.1 Å². The number of amides is 1. The number of nitrogens with zero attached hydrogens (tertiary/aromatic N) is 2. The first-order valence-electron chi connectivity index (χ1n) is 8.25. The third kappa shape index (κ3) is 4.69. The summed E-state index contributed by atoms with van der Waals surface area (Å²) in [6.45, 7) is 3.54. The second-order valence-corrected chi connectivity index (χ2v) is 7.46. The molecule has 0 saturated carbocycles. The van der Waals surface area contributed by atoms with Crippen molar-refractivity contribution in [1.82, 2.24) is 4.72 Å². The lowest BCUT2D eigenvalue weighted by Gasteiger charge is -2.22. The first-order chi connectivity index (χ1) is 12.4. The normalized spacial score (nSPS) is 11.0. The number of hydrogen-bond acceptors (Lipinski definition) is 4. The highest BCUT2D eigenvalue weighted by atomic mass is 32.2. The van der Waals surface area contributed by atoms with Gasteiger partial charge in [0.1, 0.15) is 6.07 Å². The van der Waals surface area contributed by atoms with Crippen molar-refractivity contribution in [3.8, 4) is 6.07 Å². The van der Waals surface area contributed by atoms with E-state index < -0.39 is 10.0 Å². The van der Waals surface area contributed by atoms with Crippen molar-refractivity contribution in [3.05, 3.63) is 59.7 Å². The predicted molar refractivity (Wildman–Crippen MR) is 100 cm³/mol. The number of carbonyl (C=O) groups excluding carboxylic acids is 1. The van der Waals surface area contributed by atoms with Crippen molar-refractivity contribution in [2.24, 2.45) is 0 Å². The third-order valence-corrected chi connectivity index (χ3v) is 5.44. The minimum absolute atomic E-state index is 0.0389. The van der Waals surface area contributed by atoms with Crippen molar-refractivity contribution >= 4 is 21.6 Å². The third-order valence-electron chi connectivity index (χ3n) is 3.96. The van der Waals surface area contributed by atoms with E-state index in [1.165, 1.54) is 11.8 Å². The van der Waals surface area contributed by atoms with Gasteiger partial charge < -0.3 is 4.90 Å². The highest BCUT2D eigenvalue weighted by Gasteiger charge is 2.18. The molecule has 0 atom stereocenters. The van der Waals surface area contributed by atoms with Gasteiger partial charge in [0, 0.05) is 20.0 Å². The average molecular weight is 371 g/mol. The maximum Gasteiger partial charge on any atom is 0.240 e. The molecule has 0 saturated heterocycles. The summed E-state index contributed by atoms with van der Waals surface area (Å²) in [5.41, 5.74) is 1.88. The molecule has 0 heterocycles. The molecular formula is C19H21N3O3S. The van der Waals surface area contributed by atoms with Gasteiger partial charge in [-0.05, 0) is 36.2 Å². The molecule has 2 aromatic rings. The Balaban J connectivity index is 2.10. The Morgan fingerprint density at radius 3 is 2.38 bits per heavy atom. The summed E-state index contributed by atoms with van der Waals surface area (Å²) in [5, 5.41) is 9.20. The van der Waals surface area contributed by atoms with E-state index in [1.807, 2.05) is 13.0 Å². The average Bonchev–Trinajstić information content (AvgIpc) is 2.65. The van der Waals surface area contributed by atoms with E-state index in [9.17, 15) is 18.5 Å². The van der Waals surface area contributed by atoms with Crippen molar-refractivity contribution in [2.75, 3.05) is 18.0 Å². The maximum absolute atomic E-state index is 12.4. The Bertz CT molecular complexity index is 916. The predicted octanol–water partition coefficient (Wildman–Crippen LogP) is 2.45. The van der Waals surface area contributed by atoms with Gasteiger partial charge >= 0.3 is 0 Å². The van der Waals surface area contributed by atoms with Gasteiger partial charge in [0.05, 0.1) is 16.1 Å². The van der Waals surface area contributed by atoms with Crippen molar-refractivity contribution < 1.29 is 13.2 Å². The Morgan fingerprint density at radius 2 is 1.81 bits per heavy atom. The summed E-state index contributed by atoms with van der Waals surface area (Å²) in [5.74, 6) is -0.265. The van der Waals surface area contributed by atoms with Crippen LogP contribution in [0.15, 0.2) is 53.4 Å². The largest absolute Gasteiger partial charge is 0.310 e. The molecule has 0 aliphatic heterocycles. The van der Waals surface area contributed by atoms with Crippen LogP contribution >= 0.6 is 0 Å². The van der Waals surface area contributed by atoms with Gasteiger partial charge in [-0.2, -0.15) is 5.26 Å². The van der Waals surface area contributed by atoms with Crippen LogP contribution in [0.2, 0.25) is 0 Å². The van der Waals surface area contributed by atoms with Crippen LogP contribution in [0, 0.1) is 11.3 Å². The lowest BCUT2D eigenvalue weighted by atomic mass is 10.1. The summed E-state index contributed by atoms with van der Waals surface area (Å²) in [4.78, 5) is 13.5. The number of hydrogen-bond donors (Lipinski definition) is 1. The number of benzene rings is 2. The minimum Gasteiger partial charge on any atom is -0.310 e. The Hall–Kier alpha value is -2.69. The topological polar surface area (TPSA) is 90.3 Å². The van der Waals surface area contributed by atoms with Crippen LogP contribution in [-0.2, 0) is 21.2 Å². The highest BCUT2D eigenvalue weighted by molar-refractivity contribution is 7.89. The summed E-state index contributed by atoms with van der Waals surface area (Å²) in [6.07, 6.45) is 0.833. The monoisotopic (exact) mass is 371 g/mol. The van der Waals surface area contributed by atoms with Gasteiger partial charge in [0.2, 0.25) is 15.9 Å². The number of anilines is 1.